The fourth-order valence-corrected chi connectivity index (χ4v) is 2.34. The highest BCUT2D eigenvalue weighted by atomic mass is 35.5. The lowest BCUT2D eigenvalue weighted by atomic mass is 10.1. The third-order valence-corrected chi connectivity index (χ3v) is 3.65. The summed E-state index contributed by atoms with van der Waals surface area (Å²) in [6, 6.07) is 7.32. The van der Waals surface area contributed by atoms with Crippen LogP contribution in [0.1, 0.15) is 23.1 Å². The van der Waals surface area contributed by atoms with Crippen molar-refractivity contribution < 1.29 is 9.52 Å². The number of aliphatic hydroxyl groups is 1. The first kappa shape index (κ1) is 12.3. The largest absolute Gasteiger partial charge is 0.456 e. The molecule has 3 aromatic rings. The summed E-state index contributed by atoms with van der Waals surface area (Å²) in [7, 11) is 1.83. The number of aryl methyl sites for hydroxylation is 1. The zero-order valence-electron chi connectivity index (χ0n) is 10.6. The molecule has 1 atom stereocenters. The number of nitrogens with zero attached hydrogens (tertiary/aromatic N) is 2. The van der Waals surface area contributed by atoms with Crippen LogP contribution in [0.25, 0.3) is 11.0 Å². The van der Waals surface area contributed by atoms with Crippen molar-refractivity contribution in [1.29, 1.82) is 0 Å². The fraction of sp³-hybridized carbons (Fsp3) is 0.214. The molecule has 0 aliphatic rings. The van der Waals surface area contributed by atoms with E-state index in [4.69, 9.17) is 16.0 Å². The maximum Gasteiger partial charge on any atom is 0.153 e. The van der Waals surface area contributed by atoms with Crippen molar-refractivity contribution in [2.75, 3.05) is 0 Å². The Hall–Kier alpha value is -1.78. The monoisotopic (exact) mass is 276 g/mol. The van der Waals surface area contributed by atoms with Gasteiger partial charge in [-0.25, -0.2) is 0 Å². The van der Waals surface area contributed by atoms with Gasteiger partial charge >= 0.3 is 0 Å². The van der Waals surface area contributed by atoms with Gasteiger partial charge in [-0.3, -0.25) is 4.68 Å². The average molecular weight is 277 g/mol. The van der Waals surface area contributed by atoms with Gasteiger partial charge in [0.2, 0.25) is 0 Å². The van der Waals surface area contributed by atoms with Crippen molar-refractivity contribution in [2.45, 2.75) is 13.0 Å². The molecule has 0 saturated heterocycles. The Bertz CT molecular complexity index is 745. The Morgan fingerprint density at radius 1 is 1.42 bits per heavy atom. The van der Waals surface area contributed by atoms with E-state index in [1.807, 2.05) is 26.1 Å². The van der Waals surface area contributed by atoms with Crippen molar-refractivity contribution >= 4 is 22.6 Å². The van der Waals surface area contributed by atoms with E-state index in [1.54, 1.807) is 23.0 Å². The predicted octanol–water partition coefficient (Wildman–Crippen LogP) is 3.21. The molecular weight excluding hydrogens is 264 g/mol. The Kier molecular flexibility index (Phi) is 2.84. The lowest BCUT2D eigenvalue weighted by molar-refractivity contribution is 0.191. The van der Waals surface area contributed by atoms with E-state index >= 15 is 0 Å². The van der Waals surface area contributed by atoms with E-state index in [0.717, 1.165) is 16.6 Å². The van der Waals surface area contributed by atoms with Crippen molar-refractivity contribution in [3.63, 3.8) is 0 Å². The first-order chi connectivity index (χ1) is 9.08. The molecule has 1 aromatic carbocycles. The van der Waals surface area contributed by atoms with Gasteiger partial charge in [-0.1, -0.05) is 23.7 Å². The molecule has 1 unspecified atom stereocenters. The molecule has 0 spiro atoms. The Morgan fingerprint density at radius 2 is 2.21 bits per heavy atom. The topological polar surface area (TPSA) is 51.2 Å². The van der Waals surface area contributed by atoms with Gasteiger partial charge in [0.1, 0.15) is 11.9 Å². The molecule has 5 heteroatoms. The normalized spacial score (nSPS) is 13.1. The number of fused-ring (bicyclic) bond motifs is 1. The standard InChI is InChI=1S/C14H13ClN2O2/c1-8-10(7-16-17(8)2)13(18)12-6-9-4-3-5-11(15)14(9)19-12/h3-7,13,18H,1-2H3. The second kappa shape index (κ2) is 4.40. The van der Waals surface area contributed by atoms with Gasteiger partial charge in [0, 0.05) is 23.7 Å². The SMILES string of the molecule is Cc1c(C(O)c2cc3cccc(Cl)c3o2)cnn1C. The summed E-state index contributed by atoms with van der Waals surface area (Å²) in [5, 5.41) is 15.9. The predicted molar refractivity (Wildman–Crippen MR) is 73.2 cm³/mol. The molecule has 0 fully saturated rings. The van der Waals surface area contributed by atoms with Crippen molar-refractivity contribution in [1.82, 2.24) is 9.78 Å². The van der Waals surface area contributed by atoms with Crippen LogP contribution in [0.4, 0.5) is 0 Å². The van der Waals surface area contributed by atoms with Crippen LogP contribution in [0.15, 0.2) is 34.9 Å². The molecular formula is C14H13ClN2O2. The number of benzene rings is 1. The summed E-state index contributed by atoms with van der Waals surface area (Å²) >= 11 is 6.06. The molecule has 4 nitrogen and oxygen atoms in total. The number of para-hydroxylation sites is 1. The zero-order valence-corrected chi connectivity index (χ0v) is 11.3. The highest BCUT2D eigenvalue weighted by molar-refractivity contribution is 6.34. The average Bonchev–Trinajstić information content (AvgIpc) is 2.95. The van der Waals surface area contributed by atoms with Gasteiger partial charge in [0.05, 0.1) is 11.2 Å². The maximum absolute atomic E-state index is 10.4. The van der Waals surface area contributed by atoms with Crippen molar-refractivity contribution in [2.24, 2.45) is 7.05 Å². The molecule has 1 N–H and O–H groups in total. The third kappa shape index (κ3) is 1.93. The quantitative estimate of drug-likeness (QED) is 0.782. The lowest BCUT2D eigenvalue weighted by Gasteiger charge is -2.06. The number of rotatable bonds is 2. The Balaban J connectivity index is 2.09. The molecule has 0 amide bonds. The number of hydrogen-bond donors (Lipinski definition) is 1. The van der Waals surface area contributed by atoms with Gasteiger partial charge in [0.25, 0.3) is 0 Å². The van der Waals surface area contributed by atoms with Crippen LogP contribution < -0.4 is 0 Å². The molecule has 2 heterocycles. The molecule has 0 radical (unpaired) electrons. The van der Waals surface area contributed by atoms with Gasteiger partial charge in [-0.05, 0) is 19.1 Å². The molecule has 19 heavy (non-hydrogen) atoms. The molecule has 98 valence electrons. The summed E-state index contributed by atoms with van der Waals surface area (Å²) in [5.41, 5.74) is 2.23. The maximum atomic E-state index is 10.4. The highest BCUT2D eigenvalue weighted by Gasteiger charge is 2.20. The van der Waals surface area contributed by atoms with E-state index in [9.17, 15) is 5.11 Å². The van der Waals surface area contributed by atoms with Crippen LogP contribution in [-0.4, -0.2) is 14.9 Å². The van der Waals surface area contributed by atoms with Gasteiger partial charge in [0.15, 0.2) is 5.58 Å². The number of aliphatic hydroxyl groups excluding tert-OH is 1. The van der Waals surface area contributed by atoms with E-state index in [2.05, 4.69) is 5.10 Å². The molecule has 2 aromatic heterocycles. The van der Waals surface area contributed by atoms with Crippen LogP contribution in [0.2, 0.25) is 5.02 Å². The van der Waals surface area contributed by atoms with Crippen LogP contribution in [-0.2, 0) is 7.05 Å². The smallest absolute Gasteiger partial charge is 0.153 e. The molecule has 0 aliphatic carbocycles. The van der Waals surface area contributed by atoms with Gasteiger partial charge in [-0.15, -0.1) is 0 Å². The van der Waals surface area contributed by atoms with Gasteiger partial charge < -0.3 is 9.52 Å². The van der Waals surface area contributed by atoms with Crippen LogP contribution in [0, 0.1) is 6.92 Å². The first-order valence-corrected chi connectivity index (χ1v) is 6.30. The zero-order chi connectivity index (χ0) is 13.6. The second-order valence-electron chi connectivity index (χ2n) is 4.52. The molecule has 0 saturated carbocycles. The minimum absolute atomic E-state index is 0.471. The molecule has 0 aliphatic heterocycles. The summed E-state index contributed by atoms with van der Waals surface area (Å²) in [6.45, 7) is 1.90. The van der Waals surface area contributed by atoms with Crippen LogP contribution >= 0.6 is 11.6 Å². The van der Waals surface area contributed by atoms with Crippen LogP contribution in [0.5, 0.6) is 0 Å². The summed E-state index contributed by atoms with van der Waals surface area (Å²) in [5.74, 6) is 0.471. The Morgan fingerprint density at radius 3 is 2.84 bits per heavy atom. The minimum Gasteiger partial charge on any atom is -0.456 e. The van der Waals surface area contributed by atoms with E-state index in [1.165, 1.54) is 0 Å². The van der Waals surface area contributed by atoms with Crippen molar-refractivity contribution in [3.8, 4) is 0 Å². The van der Waals surface area contributed by atoms with Gasteiger partial charge in [-0.2, -0.15) is 5.10 Å². The first-order valence-electron chi connectivity index (χ1n) is 5.92. The minimum atomic E-state index is -0.836. The molecule has 0 bridgehead atoms. The van der Waals surface area contributed by atoms with E-state index in [0.29, 0.717) is 16.4 Å². The van der Waals surface area contributed by atoms with E-state index < -0.39 is 6.10 Å². The summed E-state index contributed by atoms with van der Waals surface area (Å²) in [6.07, 6.45) is 0.812. The summed E-state index contributed by atoms with van der Waals surface area (Å²) < 4.78 is 7.38. The number of furan rings is 1. The fourth-order valence-electron chi connectivity index (χ4n) is 2.12. The number of hydrogen-bond acceptors (Lipinski definition) is 3. The lowest BCUT2D eigenvalue weighted by Crippen LogP contribution is -2.00. The second-order valence-corrected chi connectivity index (χ2v) is 4.93. The highest BCUT2D eigenvalue weighted by Crippen LogP contribution is 2.32. The number of aromatic nitrogens is 2. The summed E-state index contributed by atoms with van der Waals surface area (Å²) in [4.78, 5) is 0. The third-order valence-electron chi connectivity index (χ3n) is 3.35. The number of halogens is 1. The Labute approximate surface area is 115 Å². The molecule has 3 rings (SSSR count). The van der Waals surface area contributed by atoms with E-state index in [-0.39, 0.29) is 0 Å². The van der Waals surface area contributed by atoms with Crippen LogP contribution in [0.3, 0.4) is 0 Å². The van der Waals surface area contributed by atoms with Crippen molar-refractivity contribution in [3.05, 3.63) is 52.5 Å².